The molecule has 1 N–H and O–H groups in total. The summed E-state index contributed by atoms with van der Waals surface area (Å²) in [6, 6.07) is 11.6. The van der Waals surface area contributed by atoms with E-state index < -0.39 is 4.92 Å². The highest BCUT2D eigenvalue weighted by atomic mass is 32.1. The molecular formula is C18H15N3O4S. The number of rotatable bonds is 6. The van der Waals surface area contributed by atoms with Crippen molar-refractivity contribution < 1.29 is 14.5 Å². The van der Waals surface area contributed by atoms with Gasteiger partial charge >= 0.3 is 0 Å². The van der Waals surface area contributed by atoms with Crippen LogP contribution in [0, 0.1) is 10.1 Å². The van der Waals surface area contributed by atoms with Crippen molar-refractivity contribution in [2.45, 2.75) is 6.92 Å². The average Bonchev–Trinajstić information content (AvgIpc) is 3.02. The largest absolute Gasteiger partial charge is 0.494 e. The molecule has 26 heavy (non-hydrogen) atoms. The van der Waals surface area contributed by atoms with Crippen molar-refractivity contribution in [1.29, 1.82) is 0 Å². The molecule has 0 fully saturated rings. The SMILES string of the molecule is CCOc1ccc2nc(NC(=O)C=Cc3cccc([N+](=O)[O-])c3)sc2c1. The van der Waals surface area contributed by atoms with Crippen LogP contribution in [0.3, 0.4) is 0 Å². The molecule has 0 atom stereocenters. The number of fused-ring (bicyclic) bond motifs is 1. The van der Waals surface area contributed by atoms with Crippen LogP contribution in [0.25, 0.3) is 16.3 Å². The van der Waals surface area contributed by atoms with E-state index in [1.54, 1.807) is 12.1 Å². The number of nitro benzene ring substituents is 1. The lowest BCUT2D eigenvalue weighted by Crippen LogP contribution is -2.07. The summed E-state index contributed by atoms with van der Waals surface area (Å²) < 4.78 is 6.36. The zero-order valence-electron chi connectivity index (χ0n) is 13.8. The zero-order valence-corrected chi connectivity index (χ0v) is 14.7. The summed E-state index contributed by atoms with van der Waals surface area (Å²) in [4.78, 5) is 26.7. The predicted octanol–water partition coefficient (Wildman–Crippen LogP) is 4.26. The summed E-state index contributed by atoms with van der Waals surface area (Å²) in [6.45, 7) is 2.49. The first-order valence-electron chi connectivity index (χ1n) is 7.82. The molecule has 0 bridgehead atoms. The number of nitrogens with zero attached hydrogens (tertiary/aromatic N) is 2. The molecule has 0 unspecified atom stereocenters. The van der Waals surface area contributed by atoms with E-state index in [1.807, 2.05) is 25.1 Å². The van der Waals surface area contributed by atoms with Gasteiger partial charge in [-0.15, -0.1) is 0 Å². The van der Waals surface area contributed by atoms with Gasteiger partial charge in [-0.25, -0.2) is 4.98 Å². The van der Waals surface area contributed by atoms with Crippen LogP contribution in [0.5, 0.6) is 5.75 Å². The molecule has 0 aliphatic carbocycles. The van der Waals surface area contributed by atoms with Crippen LogP contribution in [0.15, 0.2) is 48.5 Å². The molecule has 0 saturated carbocycles. The number of thiazole rings is 1. The van der Waals surface area contributed by atoms with E-state index in [1.165, 1.54) is 35.6 Å². The maximum absolute atomic E-state index is 12.1. The Labute approximate surface area is 153 Å². The van der Waals surface area contributed by atoms with E-state index in [4.69, 9.17) is 4.74 Å². The Morgan fingerprint density at radius 2 is 2.19 bits per heavy atom. The molecule has 0 radical (unpaired) electrons. The van der Waals surface area contributed by atoms with E-state index in [2.05, 4.69) is 10.3 Å². The number of hydrogen-bond donors (Lipinski definition) is 1. The van der Waals surface area contributed by atoms with Gasteiger partial charge in [-0.1, -0.05) is 23.5 Å². The number of carbonyl (C=O) groups excluding carboxylic acids is 1. The number of ether oxygens (including phenoxy) is 1. The second kappa shape index (κ2) is 7.75. The highest BCUT2D eigenvalue weighted by molar-refractivity contribution is 7.22. The zero-order chi connectivity index (χ0) is 18.5. The van der Waals surface area contributed by atoms with E-state index in [9.17, 15) is 14.9 Å². The number of amides is 1. The fourth-order valence-electron chi connectivity index (χ4n) is 2.28. The smallest absolute Gasteiger partial charge is 0.270 e. The van der Waals surface area contributed by atoms with E-state index >= 15 is 0 Å². The summed E-state index contributed by atoms with van der Waals surface area (Å²) >= 11 is 1.35. The summed E-state index contributed by atoms with van der Waals surface area (Å²) in [7, 11) is 0. The lowest BCUT2D eigenvalue weighted by Gasteiger charge is -2.00. The Kier molecular flexibility index (Phi) is 5.23. The molecule has 8 heteroatoms. The van der Waals surface area contributed by atoms with Crippen molar-refractivity contribution in [3.63, 3.8) is 0 Å². The van der Waals surface area contributed by atoms with Crippen LogP contribution in [0.1, 0.15) is 12.5 Å². The van der Waals surface area contributed by atoms with Gasteiger partial charge in [-0.2, -0.15) is 0 Å². The third-order valence-electron chi connectivity index (χ3n) is 3.41. The van der Waals surface area contributed by atoms with Crippen molar-refractivity contribution in [1.82, 2.24) is 4.98 Å². The fourth-order valence-corrected chi connectivity index (χ4v) is 3.17. The molecule has 0 spiro atoms. The van der Waals surface area contributed by atoms with Crippen molar-refractivity contribution in [3.05, 3.63) is 64.2 Å². The van der Waals surface area contributed by atoms with E-state index in [0.29, 0.717) is 17.3 Å². The van der Waals surface area contributed by atoms with Gasteiger partial charge < -0.3 is 4.74 Å². The standard InChI is InChI=1S/C18H15N3O4S/c1-2-25-14-7-8-15-16(11-14)26-18(19-15)20-17(22)9-6-12-4-3-5-13(10-12)21(23)24/h3-11H,2H2,1H3,(H,19,20,22). The Bertz CT molecular complexity index is 997. The molecule has 3 rings (SSSR count). The van der Waals surface area contributed by atoms with Crippen molar-refractivity contribution >= 4 is 44.4 Å². The molecule has 0 aliphatic rings. The number of non-ortho nitro benzene ring substituents is 1. The van der Waals surface area contributed by atoms with Crippen LogP contribution in [-0.2, 0) is 4.79 Å². The topological polar surface area (TPSA) is 94.4 Å². The molecule has 7 nitrogen and oxygen atoms in total. The van der Waals surface area contributed by atoms with Crippen LogP contribution >= 0.6 is 11.3 Å². The van der Waals surface area contributed by atoms with Gasteiger partial charge in [-0.05, 0) is 36.8 Å². The highest BCUT2D eigenvalue weighted by Crippen LogP contribution is 2.29. The van der Waals surface area contributed by atoms with Crippen LogP contribution < -0.4 is 10.1 Å². The molecule has 1 aromatic heterocycles. The van der Waals surface area contributed by atoms with Gasteiger partial charge in [0.2, 0.25) is 5.91 Å². The number of nitro groups is 1. The number of benzene rings is 2. The fraction of sp³-hybridized carbons (Fsp3) is 0.111. The lowest BCUT2D eigenvalue weighted by molar-refractivity contribution is -0.384. The van der Waals surface area contributed by atoms with Crippen LogP contribution in [-0.4, -0.2) is 22.4 Å². The molecule has 3 aromatic rings. The Hall–Kier alpha value is -3.26. The number of nitrogens with one attached hydrogen (secondary N) is 1. The van der Waals surface area contributed by atoms with Crippen molar-refractivity contribution in [3.8, 4) is 5.75 Å². The third kappa shape index (κ3) is 4.22. The molecular weight excluding hydrogens is 354 g/mol. The summed E-state index contributed by atoms with van der Waals surface area (Å²) in [5, 5.41) is 13.9. The van der Waals surface area contributed by atoms with Gasteiger partial charge in [0.1, 0.15) is 5.75 Å². The molecule has 132 valence electrons. The van der Waals surface area contributed by atoms with Gasteiger partial charge in [0.25, 0.3) is 5.69 Å². The van der Waals surface area contributed by atoms with Gasteiger partial charge in [-0.3, -0.25) is 20.2 Å². The maximum Gasteiger partial charge on any atom is 0.270 e. The monoisotopic (exact) mass is 369 g/mol. The molecule has 2 aromatic carbocycles. The number of anilines is 1. The quantitative estimate of drug-likeness (QED) is 0.398. The minimum absolute atomic E-state index is 0.0242. The Balaban J connectivity index is 1.70. The third-order valence-corrected chi connectivity index (χ3v) is 4.34. The number of aromatic nitrogens is 1. The average molecular weight is 369 g/mol. The number of carbonyl (C=O) groups is 1. The summed E-state index contributed by atoms with van der Waals surface area (Å²) in [5.41, 5.74) is 1.32. The van der Waals surface area contributed by atoms with E-state index in [-0.39, 0.29) is 11.6 Å². The summed E-state index contributed by atoms with van der Waals surface area (Å²) in [5.74, 6) is 0.396. The highest BCUT2D eigenvalue weighted by Gasteiger charge is 2.08. The number of hydrogen-bond acceptors (Lipinski definition) is 6. The molecule has 0 saturated heterocycles. The van der Waals surface area contributed by atoms with Crippen LogP contribution in [0.4, 0.5) is 10.8 Å². The predicted molar refractivity (Wildman–Crippen MR) is 102 cm³/mol. The first-order chi connectivity index (χ1) is 12.5. The van der Waals surface area contributed by atoms with E-state index in [0.717, 1.165) is 16.0 Å². The normalized spacial score (nSPS) is 11.0. The second-order valence-electron chi connectivity index (χ2n) is 5.26. The summed E-state index contributed by atoms with van der Waals surface area (Å²) in [6.07, 6.45) is 2.83. The maximum atomic E-state index is 12.1. The Morgan fingerprint density at radius 3 is 2.96 bits per heavy atom. The molecule has 1 amide bonds. The minimum Gasteiger partial charge on any atom is -0.494 e. The van der Waals surface area contributed by atoms with Crippen molar-refractivity contribution in [2.75, 3.05) is 11.9 Å². The second-order valence-corrected chi connectivity index (χ2v) is 6.29. The van der Waals surface area contributed by atoms with Gasteiger partial charge in [0, 0.05) is 18.2 Å². The first-order valence-corrected chi connectivity index (χ1v) is 8.63. The molecule has 1 heterocycles. The molecule has 0 aliphatic heterocycles. The van der Waals surface area contributed by atoms with Crippen molar-refractivity contribution in [2.24, 2.45) is 0 Å². The Morgan fingerprint density at radius 1 is 1.35 bits per heavy atom. The van der Waals surface area contributed by atoms with Gasteiger partial charge in [0.15, 0.2) is 5.13 Å². The van der Waals surface area contributed by atoms with Gasteiger partial charge in [0.05, 0.1) is 21.7 Å². The van der Waals surface area contributed by atoms with Crippen LogP contribution in [0.2, 0.25) is 0 Å². The first kappa shape index (κ1) is 17.6. The lowest BCUT2D eigenvalue weighted by atomic mass is 10.2. The minimum atomic E-state index is -0.477.